The first kappa shape index (κ1) is 13.7. The average Bonchev–Trinajstić information content (AvgIpc) is 2.53. The summed E-state index contributed by atoms with van der Waals surface area (Å²) in [6.07, 6.45) is 2.47. The summed E-state index contributed by atoms with van der Waals surface area (Å²) in [5, 5.41) is 3.44. The predicted molar refractivity (Wildman–Crippen MR) is 80.6 cm³/mol. The van der Waals surface area contributed by atoms with Gasteiger partial charge >= 0.3 is 0 Å². The van der Waals surface area contributed by atoms with Crippen LogP contribution in [0.2, 0.25) is 0 Å². The zero-order valence-corrected chi connectivity index (χ0v) is 12.2. The van der Waals surface area contributed by atoms with Crippen LogP contribution in [0.25, 0.3) is 0 Å². The second-order valence-electron chi connectivity index (χ2n) is 5.51. The summed E-state index contributed by atoms with van der Waals surface area (Å²) in [6, 6.07) is 6.27. The summed E-state index contributed by atoms with van der Waals surface area (Å²) in [6.45, 7) is 7.82. The minimum absolute atomic E-state index is 0.191. The summed E-state index contributed by atoms with van der Waals surface area (Å²) < 4.78 is 11.8. The molecule has 1 atom stereocenters. The molecule has 20 heavy (non-hydrogen) atoms. The van der Waals surface area contributed by atoms with Crippen LogP contribution in [0, 0.1) is 0 Å². The minimum Gasteiger partial charge on any atom is -0.490 e. The van der Waals surface area contributed by atoms with Gasteiger partial charge in [-0.15, -0.1) is 0 Å². The Kier molecular flexibility index (Phi) is 4.43. The molecule has 4 nitrogen and oxygen atoms in total. The lowest BCUT2D eigenvalue weighted by Gasteiger charge is -2.32. The van der Waals surface area contributed by atoms with Crippen molar-refractivity contribution in [2.45, 2.75) is 25.9 Å². The fourth-order valence-corrected chi connectivity index (χ4v) is 2.96. The molecule has 1 aromatic carbocycles. The van der Waals surface area contributed by atoms with Gasteiger partial charge in [0.05, 0.1) is 6.61 Å². The molecule has 1 fully saturated rings. The van der Waals surface area contributed by atoms with Crippen molar-refractivity contribution in [1.29, 1.82) is 0 Å². The van der Waals surface area contributed by atoms with Gasteiger partial charge in [0.15, 0.2) is 0 Å². The maximum atomic E-state index is 6.05. The van der Waals surface area contributed by atoms with Crippen molar-refractivity contribution in [3.8, 4) is 5.75 Å². The van der Waals surface area contributed by atoms with E-state index < -0.39 is 0 Å². The number of morpholine rings is 1. The fraction of sp³-hybridized carbons (Fsp3) is 0.625. The molecule has 1 unspecified atom stereocenters. The third-order valence-electron chi connectivity index (χ3n) is 4.15. The van der Waals surface area contributed by atoms with Crippen LogP contribution in [0.3, 0.4) is 0 Å². The number of rotatable bonds is 4. The summed E-state index contributed by atoms with van der Waals surface area (Å²) >= 11 is 0. The molecule has 1 aromatic rings. The van der Waals surface area contributed by atoms with E-state index in [4.69, 9.17) is 9.47 Å². The van der Waals surface area contributed by atoms with E-state index >= 15 is 0 Å². The first-order valence-corrected chi connectivity index (χ1v) is 7.69. The lowest BCUT2D eigenvalue weighted by molar-refractivity contribution is -0.0465. The molecule has 0 spiro atoms. The maximum Gasteiger partial charge on any atom is 0.124 e. The van der Waals surface area contributed by atoms with E-state index in [1.54, 1.807) is 0 Å². The highest BCUT2D eigenvalue weighted by atomic mass is 16.5. The third-order valence-corrected chi connectivity index (χ3v) is 4.15. The number of benzene rings is 1. The summed E-state index contributed by atoms with van der Waals surface area (Å²) in [4.78, 5) is 2.42. The second kappa shape index (κ2) is 6.46. The number of anilines is 1. The fourth-order valence-electron chi connectivity index (χ4n) is 2.96. The van der Waals surface area contributed by atoms with Crippen molar-refractivity contribution in [3.63, 3.8) is 0 Å². The summed E-state index contributed by atoms with van der Waals surface area (Å²) in [7, 11) is 0. The van der Waals surface area contributed by atoms with Gasteiger partial charge in [-0.2, -0.15) is 0 Å². The van der Waals surface area contributed by atoms with Crippen molar-refractivity contribution >= 4 is 5.69 Å². The Morgan fingerprint density at radius 2 is 2.40 bits per heavy atom. The predicted octanol–water partition coefficient (Wildman–Crippen LogP) is 2.14. The number of likely N-dealkylation sites (N-methyl/N-ethyl adjacent to an activating group) is 1. The van der Waals surface area contributed by atoms with E-state index in [9.17, 15) is 0 Å². The van der Waals surface area contributed by atoms with Gasteiger partial charge in [0.2, 0.25) is 0 Å². The zero-order chi connectivity index (χ0) is 13.8. The number of nitrogens with zero attached hydrogens (tertiary/aromatic N) is 1. The average molecular weight is 276 g/mol. The highest BCUT2D eigenvalue weighted by molar-refractivity contribution is 5.59. The van der Waals surface area contributed by atoms with E-state index in [0.717, 1.165) is 45.0 Å². The van der Waals surface area contributed by atoms with E-state index in [1.165, 1.54) is 17.7 Å². The minimum atomic E-state index is 0.191. The van der Waals surface area contributed by atoms with Gasteiger partial charge in [-0.3, -0.25) is 4.90 Å². The number of hydrogen-bond acceptors (Lipinski definition) is 4. The van der Waals surface area contributed by atoms with Crippen LogP contribution in [0.5, 0.6) is 5.75 Å². The molecule has 1 saturated heterocycles. The molecular formula is C16H24N2O2. The molecule has 0 aliphatic carbocycles. The molecule has 2 aliphatic heterocycles. The van der Waals surface area contributed by atoms with E-state index in [-0.39, 0.29) is 6.10 Å². The van der Waals surface area contributed by atoms with Crippen molar-refractivity contribution in [3.05, 3.63) is 23.8 Å². The Bertz CT molecular complexity index is 450. The Balaban J connectivity index is 1.61. The van der Waals surface area contributed by atoms with Crippen LogP contribution >= 0.6 is 0 Å². The molecule has 0 amide bonds. The lowest BCUT2D eigenvalue weighted by Crippen LogP contribution is -2.44. The van der Waals surface area contributed by atoms with Crippen molar-refractivity contribution in [1.82, 2.24) is 4.90 Å². The molecule has 2 heterocycles. The molecule has 0 saturated carbocycles. The van der Waals surface area contributed by atoms with Gasteiger partial charge in [0.25, 0.3) is 0 Å². The Morgan fingerprint density at radius 3 is 3.30 bits per heavy atom. The molecule has 3 rings (SSSR count). The zero-order valence-electron chi connectivity index (χ0n) is 12.2. The van der Waals surface area contributed by atoms with Gasteiger partial charge in [-0.25, -0.2) is 0 Å². The highest BCUT2D eigenvalue weighted by Gasteiger charge is 2.21. The Morgan fingerprint density at radius 1 is 1.45 bits per heavy atom. The molecule has 0 radical (unpaired) electrons. The molecular weight excluding hydrogens is 252 g/mol. The number of nitrogens with one attached hydrogen (secondary N) is 1. The van der Waals surface area contributed by atoms with Gasteiger partial charge in [-0.1, -0.05) is 13.0 Å². The number of ether oxygens (including phenoxy) is 2. The summed E-state index contributed by atoms with van der Waals surface area (Å²) in [5.41, 5.74) is 2.55. The van der Waals surface area contributed by atoms with Crippen LogP contribution < -0.4 is 10.1 Å². The smallest absolute Gasteiger partial charge is 0.124 e. The topological polar surface area (TPSA) is 33.7 Å². The molecule has 0 aromatic heterocycles. The number of hydrogen-bond donors (Lipinski definition) is 1. The quantitative estimate of drug-likeness (QED) is 0.913. The van der Waals surface area contributed by atoms with E-state index in [2.05, 4.69) is 35.3 Å². The third kappa shape index (κ3) is 3.07. The standard InChI is InChI=1S/C16H24N2O2/c1-2-18-9-10-19-13(11-18)12-20-16-7-3-6-15-14(16)5-4-8-17-15/h3,6-7,13,17H,2,4-5,8-12H2,1H3. The van der Waals surface area contributed by atoms with Gasteiger partial charge in [-0.05, 0) is 31.5 Å². The van der Waals surface area contributed by atoms with Gasteiger partial charge < -0.3 is 14.8 Å². The van der Waals surface area contributed by atoms with Gasteiger partial charge in [0.1, 0.15) is 18.5 Å². The van der Waals surface area contributed by atoms with Crippen LogP contribution in [-0.2, 0) is 11.2 Å². The largest absolute Gasteiger partial charge is 0.490 e. The molecule has 110 valence electrons. The molecule has 1 N–H and O–H groups in total. The highest BCUT2D eigenvalue weighted by Crippen LogP contribution is 2.30. The van der Waals surface area contributed by atoms with E-state index in [0.29, 0.717) is 6.61 Å². The number of fused-ring (bicyclic) bond motifs is 1. The normalized spacial score (nSPS) is 22.9. The van der Waals surface area contributed by atoms with Crippen molar-refractivity contribution in [2.75, 3.05) is 44.7 Å². The Labute approximate surface area is 121 Å². The van der Waals surface area contributed by atoms with E-state index in [1.807, 2.05) is 0 Å². The molecule has 4 heteroatoms. The van der Waals surface area contributed by atoms with Crippen molar-refractivity contribution in [2.24, 2.45) is 0 Å². The van der Waals surface area contributed by atoms with Crippen LogP contribution in [-0.4, -0.2) is 50.4 Å². The SMILES string of the molecule is CCN1CCOC(COc2cccc3c2CCCN3)C1. The van der Waals surface area contributed by atoms with Crippen LogP contribution in [0.15, 0.2) is 18.2 Å². The van der Waals surface area contributed by atoms with Crippen molar-refractivity contribution < 1.29 is 9.47 Å². The molecule has 0 bridgehead atoms. The molecule has 2 aliphatic rings. The first-order chi connectivity index (χ1) is 9.86. The van der Waals surface area contributed by atoms with Gasteiger partial charge in [0, 0.05) is 30.9 Å². The van der Waals surface area contributed by atoms with Crippen LogP contribution in [0.4, 0.5) is 5.69 Å². The lowest BCUT2D eigenvalue weighted by atomic mass is 10.0. The monoisotopic (exact) mass is 276 g/mol. The Hall–Kier alpha value is -1.26. The second-order valence-corrected chi connectivity index (χ2v) is 5.51. The first-order valence-electron chi connectivity index (χ1n) is 7.69. The van der Waals surface area contributed by atoms with Crippen LogP contribution in [0.1, 0.15) is 18.9 Å². The summed E-state index contributed by atoms with van der Waals surface area (Å²) in [5.74, 6) is 1.02. The maximum absolute atomic E-state index is 6.05.